The second-order valence-electron chi connectivity index (χ2n) is 12.0. The molecule has 0 saturated carbocycles. The van der Waals surface area contributed by atoms with E-state index in [2.05, 4.69) is 73.0 Å². The van der Waals surface area contributed by atoms with E-state index in [9.17, 15) is 4.79 Å². The van der Waals surface area contributed by atoms with Crippen LogP contribution in [0.2, 0.25) is 0 Å². The molecule has 11 heteroatoms. The Morgan fingerprint density at radius 1 is 1.02 bits per heavy atom. The van der Waals surface area contributed by atoms with Gasteiger partial charge in [0.2, 0.25) is 17.7 Å². The summed E-state index contributed by atoms with van der Waals surface area (Å²) < 4.78 is 23.4. The van der Waals surface area contributed by atoms with Crippen molar-refractivity contribution in [1.82, 2.24) is 14.9 Å². The lowest BCUT2D eigenvalue weighted by Gasteiger charge is -2.34. The molecular weight excluding hydrogens is 548 g/mol. The van der Waals surface area contributed by atoms with Crippen LogP contribution < -0.4 is 19.7 Å². The predicted octanol–water partition coefficient (Wildman–Crippen LogP) is 4.77. The number of nitrogens with zero attached hydrogens (tertiary/aromatic N) is 5. The van der Waals surface area contributed by atoms with E-state index in [0.717, 1.165) is 30.8 Å². The van der Waals surface area contributed by atoms with E-state index in [-0.39, 0.29) is 28.8 Å². The van der Waals surface area contributed by atoms with Crippen molar-refractivity contribution in [3.63, 3.8) is 0 Å². The third kappa shape index (κ3) is 6.17. The third-order valence-electron chi connectivity index (χ3n) is 8.18. The Balaban J connectivity index is 1.31. The fourth-order valence-electron chi connectivity index (χ4n) is 5.98. The molecule has 2 aromatic heterocycles. The van der Waals surface area contributed by atoms with Crippen molar-refractivity contribution in [1.29, 1.82) is 5.26 Å². The fraction of sp³-hybridized carbons (Fsp3) is 0.500. The molecular formula is C32H40N6O5. The molecule has 0 unspecified atom stereocenters. The highest BCUT2D eigenvalue weighted by Gasteiger charge is 2.43. The van der Waals surface area contributed by atoms with Crippen molar-refractivity contribution < 1.29 is 23.4 Å². The number of ether oxygens (including phenoxy) is 3. The molecule has 0 spiro atoms. The van der Waals surface area contributed by atoms with Gasteiger partial charge >= 0.3 is 0 Å². The van der Waals surface area contributed by atoms with Gasteiger partial charge in [-0.05, 0) is 69.0 Å². The number of benzene rings is 1. The van der Waals surface area contributed by atoms with Crippen molar-refractivity contribution in [2.75, 3.05) is 57.2 Å². The van der Waals surface area contributed by atoms with E-state index >= 15 is 0 Å². The molecule has 4 heterocycles. The Bertz CT molecular complexity index is 1520. The minimum atomic E-state index is -0.465. The van der Waals surface area contributed by atoms with Crippen LogP contribution in [0.15, 0.2) is 28.7 Å². The van der Waals surface area contributed by atoms with Gasteiger partial charge in [-0.1, -0.05) is 12.1 Å². The minimum Gasteiger partial charge on any atom is -0.479 e. The molecule has 5 rings (SSSR count). The number of piperazine rings is 1. The summed E-state index contributed by atoms with van der Waals surface area (Å²) in [5.74, 6) is 1.19. The number of carbonyl (C=O) groups excluding carboxylic acids is 1. The van der Waals surface area contributed by atoms with Crippen molar-refractivity contribution in [3.8, 4) is 17.8 Å². The second-order valence-corrected chi connectivity index (χ2v) is 12.0. The SMILES string of the molecule is COc1nc(N2CCN(CCC#N)CC2)nc(OC)c1NC(=O)c1ccc(Cc2cc3c(cc2C)C(C)(C)OC3(C)C)o1. The smallest absolute Gasteiger partial charge is 0.291 e. The zero-order chi connectivity index (χ0) is 30.9. The van der Waals surface area contributed by atoms with Crippen LogP contribution in [-0.2, 0) is 22.4 Å². The predicted molar refractivity (Wildman–Crippen MR) is 162 cm³/mol. The first-order chi connectivity index (χ1) is 20.5. The number of nitriles is 1. The highest BCUT2D eigenvalue weighted by Crippen LogP contribution is 2.47. The van der Waals surface area contributed by atoms with Crippen LogP contribution in [0.25, 0.3) is 0 Å². The van der Waals surface area contributed by atoms with Gasteiger partial charge in [0.15, 0.2) is 11.4 Å². The lowest BCUT2D eigenvalue weighted by atomic mass is 9.86. The molecule has 3 aromatic rings. The maximum Gasteiger partial charge on any atom is 0.291 e. The molecule has 1 saturated heterocycles. The first-order valence-corrected chi connectivity index (χ1v) is 14.5. The van der Waals surface area contributed by atoms with E-state index in [1.165, 1.54) is 25.3 Å². The molecule has 0 aliphatic carbocycles. The maximum atomic E-state index is 13.3. The molecule has 43 heavy (non-hydrogen) atoms. The van der Waals surface area contributed by atoms with Crippen LogP contribution >= 0.6 is 0 Å². The minimum absolute atomic E-state index is 0.153. The Morgan fingerprint density at radius 2 is 1.65 bits per heavy atom. The van der Waals surface area contributed by atoms with Gasteiger partial charge in [-0.15, -0.1) is 0 Å². The number of furan rings is 1. The average Bonchev–Trinajstić information content (AvgIpc) is 3.51. The van der Waals surface area contributed by atoms with Crippen molar-refractivity contribution in [2.24, 2.45) is 0 Å². The molecule has 2 aliphatic heterocycles. The number of nitrogens with one attached hydrogen (secondary N) is 1. The molecule has 11 nitrogen and oxygen atoms in total. The maximum absolute atomic E-state index is 13.3. The molecule has 1 amide bonds. The van der Waals surface area contributed by atoms with Crippen molar-refractivity contribution in [2.45, 2.75) is 58.7 Å². The monoisotopic (exact) mass is 588 g/mol. The Labute approximate surface area is 252 Å². The summed E-state index contributed by atoms with van der Waals surface area (Å²) >= 11 is 0. The zero-order valence-corrected chi connectivity index (χ0v) is 26.0. The molecule has 0 atom stereocenters. The van der Waals surface area contributed by atoms with Gasteiger partial charge in [-0.25, -0.2) is 0 Å². The summed E-state index contributed by atoms with van der Waals surface area (Å²) in [6, 6.07) is 10.1. The van der Waals surface area contributed by atoms with Crippen LogP contribution in [0.4, 0.5) is 11.6 Å². The molecule has 1 aromatic carbocycles. The number of fused-ring (bicyclic) bond motifs is 1. The van der Waals surface area contributed by atoms with Crippen LogP contribution in [0.3, 0.4) is 0 Å². The summed E-state index contributed by atoms with van der Waals surface area (Å²) in [7, 11) is 2.97. The number of aryl methyl sites for hydroxylation is 1. The highest BCUT2D eigenvalue weighted by atomic mass is 16.5. The first kappa shape index (κ1) is 30.3. The fourth-order valence-corrected chi connectivity index (χ4v) is 5.98. The number of amides is 1. The number of hydrogen-bond acceptors (Lipinski definition) is 10. The van der Waals surface area contributed by atoms with Gasteiger partial charge in [0.05, 0.1) is 31.5 Å². The number of rotatable bonds is 9. The normalized spacial score (nSPS) is 17.3. The van der Waals surface area contributed by atoms with Gasteiger partial charge in [0.25, 0.3) is 5.91 Å². The van der Waals surface area contributed by atoms with E-state index in [1.807, 2.05) is 11.0 Å². The largest absolute Gasteiger partial charge is 0.479 e. The van der Waals surface area contributed by atoms with Gasteiger partial charge in [0, 0.05) is 45.6 Å². The number of anilines is 2. The molecule has 0 bridgehead atoms. The van der Waals surface area contributed by atoms with Crippen LogP contribution in [0, 0.1) is 18.3 Å². The topological polar surface area (TPSA) is 126 Å². The first-order valence-electron chi connectivity index (χ1n) is 14.5. The Morgan fingerprint density at radius 3 is 2.26 bits per heavy atom. The van der Waals surface area contributed by atoms with Crippen LogP contribution in [-0.4, -0.2) is 67.7 Å². The summed E-state index contributed by atoms with van der Waals surface area (Å²) in [4.78, 5) is 26.7. The Hall–Kier alpha value is -4.14. The van der Waals surface area contributed by atoms with Crippen molar-refractivity contribution in [3.05, 3.63) is 58.0 Å². The van der Waals surface area contributed by atoms with E-state index in [0.29, 0.717) is 37.6 Å². The summed E-state index contributed by atoms with van der Waals surface area (Å²) in [6.07, 6.45) is 1.04. The van der Waals surface area contributed by atoms with Gasteiger partial charge in [0.1, 0.15) is 5.76 Å². The molecule has 0 radical (unpaired) electrons. The van der Waals surface area contributed by atoms with Gasteiger partial charge in [-0.3, -0.25) is 9.69 Å². The van der Waals surface area contributed by atoms with E-state index < -0.39 is 11.5 Å². The second kappa shape index (κ2) is 11.9. The van der Waals surface area contributed by atoms with Gasteiger partial charge in [-0.2, -0.15) is 15.2 Å². The molecule has 228 valence electrons. The summed E-state index contributed by atoms with van der Waals surface area (Å²) in [5.41, 5.74) is 4.12. The standard InChI is InChI=1S/C32H40N6O5/c1-20-17-23-24(32(4,5)43-31(23,2)3)19-21(20)18-22-9-10-25(42-22)27(39)34-26-28(40-6)35-30(36-29(26)41-7)38-15-13-37(14-16-38)12-8-11-33/h9-10,17,19H,8,12-16,18H2,1-7H3,(H,34,39). The van der Waals surface area contributed by atoms with E-state index in [4.69, 9.17) is 23.9 Å². The Kier molecular flexibility index (Phi) is 8.36. The molecule has 1 N–H and O–H groups in total. The summed E-state index contributed by atoms with van der Waals surface area (Å²) in [6.45, 7) is 14.2. The van der Waals surface area contributed by atoms with Crippen molar-refractivity contribution >= 4 is 17.5 Å². The third-order valence-corrected chi connectivity index (χ3v) is 8.18. The van der Waals surface area contributed by atoms with Crippen LogP contribution in [0.1, 0.15) is 72.7 Å². The molecule has 2 aliphatic rings. The lowest BCUT2D eigenvalue weighted by molar-refractivity contribution is -0.105. The highest BCUT2D eigenvalue weighted by molar-refractivity contribution is 6.03. The van der Waals surface area contributed by atoms with Crippen LogP contribution in [0.5, 0.6) is 11.8 Å². The lowest BCUT2D eigenvalue weighted by Crippen LogP contribution is -2.47. The quantitative estimate of drug-likeness (QED) is 0.373. The number of methoxy groups -OCH3 is 2. The number of aromatic nitrogens is 2. The zero-order valence-electron chi connectivity index (χ0n) is 26.0. The molecule has 1 fully saturated rings. The van der Waals surface area contributed by atoms with Gasteiger partial charge < -0.3 is 28.8 Å². The average molecular weight is 589 g/mol. The number of hydrogen-bond donors (Lipinski definition) is 1. The van der Waals surface area contributed by atoms with E-state index in [1.54, 1.807) is 6.07 Å². The summed E-state index contributed by atoms with van der Waals surface area (Å²) in [5, 5.41) is 11.7. The number of carbonyl (C=O) groups is 1.